The van der Waals surface area contributed by atoms with Crippen LogP contribution in [0, 0.1) is 0 Å². The zero-order chi connectivity index (χ0) is 15.0. The van der Waals surface area contributed by atoms with Crippen LogP contribution in [0.15, 0.2) is 54.0 Å². The minimum Gasteiger partial charge on any atom is -0.468 e. The van der Waals surface area contributed by atoms with Crippen LogP contribution in [0.25, 0.3) is 0 Å². The van der Waals surface area contributed by atoms with Crippen molar-refractivity contribution >= 4 is 21.9 Å². The molecule has 0 spiro atoms. The molecular weight excluding hydrogens is 318 g/mol. The fourth-order valence-corrected chi connectivity index (χ4v) is 2.27. The van der Waals surface area contributed by atoms with Crippen LogP contribution in [0.4, 0.5) is 0 Å². The summed E-state index contributed by atoms with van der Waals surface area (Å²) in [5.41, 5.74) is 1.08. The van der Waals surface area contributed by atoms with Crippen molar-refractivity contribution in [3.8, 4) is 0 Å². The lowest BCUT2D eigenvalue weighted by atomic mass is 10.0. The van der Waals surface area contributed by atoms with E-state index in [1.807, 2.05) is 29.2 Å². The van der Waals surface area contributed by atoms with Crippen LogP contribution in [-0.4, -0.2) is 37.1 Å². The fraction of sp³-hybridized carbons (Fsp3) is 0.312. The van der Waals surface area contributed by atoms with E-state index in [1.54, 1.807) is 12.2 Å². The van der Waals surface area contributed by atoms with E-state index >= 15 is 0 Å². The summed E-state index contributed by atoms with van der Waals surface area (Å²) in [4.78, 5) is 14.0. The third-order valence-corrected chi connectivity index (χ3v) is 3.51. The number of carbonyl (C=O) groups excluding carboxylic acids is 1. The number of hydrogen-bond donors (Lipinski definition) is 0. The molecule has 0 aliphatic carbocycles. The molecule has 0 heterocycles. The van der Waals surface area contributed by atoms with Crippen LogP contribution in [-0.2, 0) is 16.0 Å². The molecule has 1 aromatic rings. The van der Waals surface area contributed by atoms with Gasteiger partial charge in [0.1, 0.15) is 6.04 Å². The zero-order valence-electron chi connectivity index (χ0n) is 11.7. The van der Waals surface area contributed by atoms with Crippen molar-refractivity contribution in [1.29, 1.82) is 0 Å². The van der Waals surface area contributed by atoms with E-state index in [-0.39, 0.29) is 12.0 Å². The Bertz CT molecular complexity index is 446. The van der Waals surface area contributed by atoms with Gasteiger partial charge < -0.3 is 4.74 Å². The average molecular weight is 338 g/mol. The summed E-state index contributed by atoms with van der Waals surface area (Å²) >= 11 is 3.40. The Labute approximate surface area is 129 Å². The first kappa shape index (κ1) is 16.7. The number of benzene rings is 1. The van der Waals surface area contributed by atoms with Crippen LogP contribution in [0.5, 0.6) is 0 Å². The number of ether oxygens (including phenoxy) is 1. The molecular formula is C16H20BrNO2. The highest BCUT2D eigenvalue weighted by Crippen LogP contribution is 2.15. The van der Waals surface area contributed by atoms with Gasteiger partial charge in [-0.25, -0.2) is 0 Å². The summed E-state index contributed by atoms with van der Waals surface area (Å²) in [5, 5.41) is 0. The van der Waals surface area contributed by atoms with Crippen molar-refractivity contribution in [1.82, 2.24) is 4.90 Å². The summed E-state index contributed by atoms with van der Waals surface area (Å²) in [6, 6.07) is 7.60. The second kappa shape index (κ2) is 8.72. The molecule has 3 nitrogen and oxygen atoms in total. The van der Waals surface area contributed by atoms with Crippen LogP contribution in [0.3, 0.4) is 0 Å². The zero-order valence-corrected chi connectivity index (χ0v) is 13.3. The molecule has 0 N–H and O–H groups in total. The lowest BCUT2D eigenvalue weighted by Gasteiger charge is -2.27. The van der Waals surface area contributed by atoms with Crippen LogP contribution in [0.2, 0.25) is 0 Å². The number of carbonyl (C=O) groups is 1. The third-order valence-electron chi connectivity index (χ3n) is 2.98. The highest BCUT2D eigenvalue weighted by molar-refractivity contribution is 9.10. The highest BCUT2D eigenvalue weighted by Gasteiger charge is 2.25. The van der Waals surface area contributed by atoms with Gasteiger partial charge in [-0.05, 0) is 24.1 Å². The van der Waals surface area contributed by atoms with Gasteiger partial charge in [0, 0.05) is 17.6 Å². The van der Waals surface area contributed by atoms with E-state index in [0.717, 1.165) is 10.0 Å². The molecule has 0 aliphatic heterocycles. The van der Waals surface area contributed by atoms with Crippen molar-refractivity contribution in [3.05, 3.63) is 59.6 Å². The number of nitrogens with zero attached hydrogens (tertiary/aromatic N) is 1. The first-order valence-corrected chi connectivity index (χ1v) is 7.19. The van der Waals surface area contributed by atoms with Crippen LogP contribution < -0.4 is 0 Å². The highest BCUT2D eigenvalue weighted by atomic mass is 79.9. The van der Waals surface area contributed by atoms with Gasteiger partial charge in [0.05, 0.1) is 7.11 Å². The molecule has 0 radical (unpaired) electrons. The summed E-state index contributed by atoms with van der Waals surface area (Å²) in [5.74, 6) is -0.239. The summed E-state index contributed by atoms with van der Waals surface area (Å²) in [6.07, 6.45) is 4.16. The Balaban J connectivity index is 2.92. The van der Waals surface area contributed by atoms with E-state index in [9.17, 15) is 4.79 Å². The Morgan fingerprint density at radius 3 is 2.30 bits per heavy atom. The van der Waals surface area contributed by atoms with Gasteiger partial charge in [0.15, 0.2) is 0 Å². The Kier molecular flexibility index (Phi) is 7.26. The molecule has 4 heteroatoms. The number of halogens is 1. The van der Waals surface area contributed by atoms with E-state index in [2.05, 4.69) is 29.1 Å². The lowest BCUT2D eigenvalue weighted by Crippen LogP contribution is -2.43. The Morgan fingerprint density at radius 2 is 1.85 bits per heavy atom. The molecule has 0 saturated heterocycles. The van der Waals surface area contributed by atoms with E-state index in [0.29, 0.717) is 19.5 Å². The Hall–Kier alpha value is -1.39. The molecule has 0 saturated carbocycles. The summed E-state index contributed by atoms with van der Waals surface area (Å²) in [7, 11) is 1.41. The van der Waals surface area contributed by atoms with Crippen molar-refractivity contribution in [3.63, 3.8) is 0 Å². The largest absolute Gasteiger partial charge is 0.468 e. The molecule has 1 atom stereocenters. The van der Waals surface area contributed by atoms with Crippen molar-refractivity contribution in [2.75, 3.05) is 20.2 Å². The van der Waals surface area contributed by atoms with Gasteiger partial charge >= 0.3 is 5.97 Å². The van der Waals surface area contributed by atoms with Gasteiger partial charge in [-0.15, -0.1) is 13.2 Å². The first-order valence-electron chi connectivity index (χ1n) is 6.40. The maximum atomic E-state index is 12.0. The molecule has 1 unspecified atom stereocenters. The van der Waals surface area contributed by atoms with Gasteiger partial charge in [-0.3, -0.25) is 9.69 Å². The molecule has 0 bridgehead atoms. The molecule has 0 fully saturated rings. The lowest BCUT2D eigenvalue weighted by molar-refractivity contribution is -0.146. The summed E-state index contributed by atoms with van der Waals surface area (Å²) < 4.78 is 5.94. The number of hydrogen-bond acceptors (Lipinski definition) is 3. The minimum absolute atomic E-state index is 0.239. The van der Waals surface area contributed by atoms with E-state index < -0.39 is 0 Å². The maximum Gasteiger partial charge on any atom is 0.323 e. The van der Waals surface area contributed by atoms with Gasteiger partial charge in [-0.1, -0.05) is 40.2 Å². The van der Waals surface area contributed by atoms with Gasteiger partial charge in [-0.2, -0.15) is 0 Å². The van der Waals surface area contributed by atoms with Crippen molar-refractivity contribution in [2.45, 2.75) is 12.5 Å². The smallest absolute Gasteiger partial charge is 0.323 e. The second-order valence-electron chi connectivity index (χ2n) is 4.40. The van der Waals surface area contributed by atoms with Crippen LogP contribution in [0.1, 0.15) is 5.56 Å². The second-order valence-corrected chi connectivity index (χ2v) is 5.32. The minimum atomic E-state index is -0.336. The standard InChI is InChI=1S/C16H20BrNO2/c1-4-10-18(11-5-2)15(16(19)20-3)12-13-6-8-14(17)9-7-13/h4-9,15H,1-2,10-12H2,3H3. The third kappa shape index (κ3) is 4.94. The molecule has 20 heavy (non-hydrogen) atoms. The number of esters is 1. The van der Waals surface area contributed by atoms with E-state index in [4.69, 9.17) is 4.74 Å². The fourth-order valence-electron chi connectivity index (χ4n) is 2.00. The molecule has 0 amide bonds. The van der Waals surface area contributed by atoms with E-state index in [1.165, 1.54) is 7.11 Å². The molecule has 108 valence electrons. The Morgan fingerprint density at radius 1 is 1.30 bits per heavy atom. The number of rotatable bonds is 8. The monoisotopic (exact) mass is 337 g/mol. The molecule has 1 aromatic carbocycles. The summed E-state index contributed by atoms with van der Waals surface area (Å²) in [6.45, 7) is 8.70. The average Bonchev–Trinajstić information content (AvgIpc) is 2.46. The first-order chi connectivity index (χ1) is 9.62. The predicted molar refractivity (Wildman–Crippen MR) is 85.6 cm³/mol. The maximum absolute atomic E-state index is 12.0. The SMILES string of the molecule is C=CCN(CC=C)C(Cc1ccc(Br)cc1)C(=O)OC. The molecule has 0 aliphatic rings. The normalized spacial score (nSPS) is 11.9. The van der Waals surface area contributed by atoms with Gasteiger partial charge in [0.2, 0.25) is 0 Å². The van der Waals surface area contributed by atoms with Crippen LogP contribution >= 0.6 is 15.9 Å². The van der Waals surface area contributed by atoms with Crippen molar-refractivity contribution in [2.24, 2.45) is 0 Å². The molecule has 0 aromatic heterocycles. The topological polar surface area (TPSA) is 29.5 Å². The van der Waals surface area contributed by atoms with Crippen molar-refractivity contribution < 1.29 is 9.53 Å². The van der Waals surface area contributed by atoms with Gasteiger partial charge in [0.25, 0.3) is 0 Å². The molecule has 1 rings (SSSR count). The predicted octanol–water partition coefficient (Wildman–Crippen LogP) is 3.21. The number of methoxy groups -OCH3 is 1. The quantitative estimate of drug-likeness (QED) is 0.538.